The summed E-state index contributed by atoms with van der Waals surface area (Å²) in [7, 11) is 0. The van der Waals surface area contributed by atoms with E-state index in [0.29, 0.717) is 5.11 Å². The van der Waals surface area contributed by atoms with Crippen LogP contribution in [0.5, 0.6) is 0 Å². The molecular weight excluding hydrogens is 315 g/mol. The average Bonchev–Trinajstić information content (AvgIpc) is 2.58. The van der Waals surface area contributed by atoms with Gasteiger partial charge in [0, 0.05) is 26.2 Å². The van der Waals surface area contributed by atoms with Crippen LogP contribution in [-0.2, 0) is 4.74 Å². The van der Waals surface area contributed by atoms with Gasteiger partial charge >= 0.3 is 0 Å². The van der Waals surface area contributed by atoms with E-state index < -0.39 is 0 Å². The minimum Gasteiger partial charge on any atom is -0.379 e. The second kappa shape index (κ2) is 9.54. The monoisotopic (exact) mass is 338 g/mol. The van der Waals surface area contributed by atoms with Crippen LogP contribution in [0, 0.1) is 5.82 Å². The van der Waals surface area contributed by atoms with Crippen molar-refractivity contribution in [1.82, 2.24) is 15.6 Å². The molecule has 0 saturated carbocycles. The SMILES string of the molecule is CC/C(=N/NC(=S)NCCN1CCOCC1)c1ccc(F)cc1. The number of nitrogens with zero attached hydrogens (tertiary/aromatic N) is 2. The van der Waals surface area contributed by atoms with Crippen molar-refractivity contribution in [2.45, 2.75) is 13.3 Å². The molecule has 7 heteroatoms. The molecule has 1 saturated heterocycles. The Morgan fingerprint density at radius 2 is 2.00 bits per heavy atom. The van der Waals surface area contributed by atoms with E-state index in [9.17, 15) is 4.39 Å². The lowest BCUT2D eigenvalue weighted by molar-refractivity contribution is 0.0389. The van der Waals surface area contributed by atoms with Gasteiger partial charge in [-0.05, 0) is 36.3 Å². The minimum atomic E-state index is -0.252. The molecule has 0 amide bonds. The number of hydrazone groups is 1. The molecule has 1 aliphatic heterocycles. The van der Waals surface area contributed by atoms with Gasteiger partial charge in [-0.25, -0.2) is 4.39 Å². The first-order valence-corrected chi connectivity index (χ1v) is 8.26. The van der Waals surface area contributed by atoms with E-state index in [-0.39, 0.29) is 5.82 Å². The van der Waals surface area contributed by atoms with Gasteiger partial charge in [-0.2, -0.15) is 5.10 Å². The Labute approximate surface area is 141 Å². The predicted octanol–water partition coefficient (Wildman–Crippen LogP) is 1.74. The van der Waals surface area contributed by atoms with Crippen molar-refractivity contribution in [1.29, 1.82) is 0 Å². The van der Waals surface area contributed by atoms with E-state index in [1.165, 1.54) is 12.1 Å². The van der Waals surface area contributed by atoms with E-state index in [2.05, 4.69) is 20.7 Å². The fourth-order valence-corrected chi connectivity index (χ4v) is 2.45. The molecule has 1 aliphatic rings. The van der Waals surface area contributed by atoms with Crippen molar-refractivity contribution < 1.29 is 9.13 Å². The Bertz CT molecular complexity index is 529. The van der Waals surface area contributed by atoms with E-state index in [1.807, 2.05) is 6.92 Å². The minimum absolute atomic E-state index is 0.252. The van der Waals surface area contributed by atoms with Gasteiger partial charge in [-0.3, -0.25) is 10.3 Å². The molecule has 0 bridgehead atoms. The van der Waals surface area contributed by atoms with Gasteiger partial charge in [0.25, 0.3) is 0 Å². The molecule has 0 radical (unpaired) electrons. The van der Waals surface area contributed by atoms with Gasteiger partial charge < -0.3 is 10.1 Å². The van der Waals surface area contributed by atoms with Crippen LogP contribution < -0.4 is 10.7 Å². The van der Waals surface area contributed by atoms with Crippen LogP contribution in [0.4, 0.5) is 4.39 Å². The molecule has 5 nitrogen and oxygen atoms in total. The zero-order valence-electron chi connectivity index (χ0n) is 13.3. The summed E-state index contributed by atoms with van der Waals surface area (Å²) in [6.07, 6.45) is 0.731. The Balaban J connectivity index is 1.75. The molecule has 0 unspecified atom stereocenters. The summed E-state index contributed by atoms with van der Waals surface area (Å²) in [4.78, 5) is 2.33. The van der Waals surface area contributed by atoms with E-state index >= 15 is 0 Å². The van der Waals surface area contributed by atoms with Gasteiger partial charge in [0.05, 0.1) is 18.9 Å². The summed E-state index contributed by atoms with van der Waals surface area (Å²) in [5.74, 6) is -0.252. The summed E-state index contributed by atoms with van der Waals surface area (Å²) in [5.41, 5.74) is 4.58. The zero-order chi connectivity index (χ0) is 16.5. The molecule has 2 rings (SSSR count). The lowest BCUT2D eigenvalue weighted by atomic mass is 10.1. The Kier molecular flexibility index (Phi) is 7.38. The number of rotatable bonds is 6. The second-order valence-electron chi connectivity index (χ2n) is 5.24. The third-order valence-electron chi connectivity index (χ3n) is 3.62. The normalized spacial score (nSPS) is 16.2. The number of nitrogens with one attached hydrogen (secondary N) is 2. The Hall–Kier alpha value is -1.57. The molecule has 23 heavy (non-hydrogen) atoms. The second-order valence-corrected chi connectivity index (χ2v) is 5.65. The maximum atomic E-state index is 13.0. The van der Waals surface area contributed by atoms with Gasteiger partial charge in [-0.1, -0.05) is 19.1 Å². The number of hydrogen-bond acceptors (Lipinski definition) is 4. The summed E-state index contributed by atoms with van der Waals surface area (Å²) < 4.78 is 18.3. The Morgan fingerprint density at radius 3 is 2.65 bits per heavy atom. The number of thiocarbonyl (C=S) groups is 1. The standard InChI is InChI=1S/C16H23FN4OS/c1-2-15(13-3-5-14(17)6-4-13)19-20-16(23)18-7-8-21-9-11-22-12-10-21/h3-6H,2,7-12H2,1H3,(H2,18,20,23)/b19-15-. The predicted molar refractivity (Wildman–Crippen MR) is 94.2 cm³/mol. The van der Waals surface area contributed by atoms with Crippen molar-refractivity contribution in [2.75, 3.05) is 39.4 Å². The average molecular weight is 338 g/mol. The van der Waals surface area contributed by atoms with Crippen molar-refractivity contribution >= 4 is 23.0 Å². The number of benzene rings is 1. The van der Waals surface area contributed by atoms with Gasteiger partial charge in [0.2, 0.25) is 0 Å². The number of ether oxygens (including phenoxy) is 1. The largest absolute Gasteiger partial charge is 0.379 e. The lowest BCUT2D eigenvalue weighted by Gasteiger charge is -2.26. The fourth-order valence-electron chi connectivity index (χ4n) is 2.30. The van der Waals surface area contributed by atoms with Crippen LogP contribution in [0.1, 0.15) is 18.9 Å². The summed E-state index contributed by atoms with van der Waals surface area (Å²) >= 11 is 5.23. The van der Waals surface area contributed by atoms with Crippen LogP contribution in [0.15, 0.2) is 29.4 Å². The number of morpholine rings is 1. The first-order valence-electron chi connectivity index (χ1n) is 7.85. The maximum absolute atomic E-state index is 13.0. The molecule has 1 aromatic carbocycles. The summed E-state index contributed by atoms with van der Waals surface area (Å²) in [5, 5.41) is 7.95. The van der Waals surface area contributed by atoms with Crippen molar-refractivity contribution in [2.24, 2.45) is 5.10 Å². The summed E-state index contributed by atoms with van der Waals surface area (Å²) in [6, 6.07) is 6.29. The van der Waals surface area contributed by atoms with Crippen molar-refractivity contribution in [3.8, 4) is 0 Å². The number of hydrogen-bond donors (Lipinski definition) is 2. The third-order valence-corrected chi connectivity index (χ3v) is 3.86. The van der Waals surface area contributed by atoms with E-state index in [0.717, 1.165) is 57.1 Å². The fraction of sp³-hybridized carbons (Fsp3) is 0.500. The Morgan fingerprint density at radius 1 is 1.30 bits per heavy atom. The highest BCUT2D eigenvalue weighted by molar-refractivity contribution is 7.80. The third kappa shape index (κ3) is 6.21. The molecule has 0 aliphatic carbocycles. The lowest BCUT2D eigenvalue weighted by Crippen LogP contribution is -2.43. The highest BCUT2D eigenvalue weighted by Crippen LogP contribution is 2.06. The van der Waals surface area contributed by atoms with Gasteiger partial charge in [0.1, 0.15) is 5.82 Å². The maximum Gasteiger partial charge on any atom is 0.187 e. The first-order chi connectivity index (χ1) is 11.2. The van der Waals surface area contributed by atoms with Crippen LogP contribution in [0.2, 0.25) is 0 Å². The van der Waals surface area contributed by atoms with Crippen LogP contribution in [0.3, 0.4) is 0 Å². The molecule has 0 aromatic heterocycles. The molecule has 1 aromatic rings. The molecule has 126 valence electrons. The molecule has 1 heterocycles. The molecule has 0 spiro atoms. The van der Waals surface area contributed by atoms with Gasteiger partial charge in [0.15, 0.2) is 5.11 Å². The molecular formula is C16H23FN4OS. The van der Waals surface area contributed by atoms with Crippen LogP contribution in [0.25, 0.3) is 0 Å². The molecule has 2 N–H and O–H groups in total. The van der Waals surface area contributed by atoms with Crippen molar-refractivity contribution in [3.05, 3.63) is 35.6 Å². The van der Waals surface area contributed by atoms with E-state index in [1.54, 1.807) is 12.1 Å². The van der Waals surface area contributed by atoms with Gasteiger partial charge in [-0.15, -0.1) is 0 Å². The zero-order valence-corrected chi connectivity index (χ0v) is 14.2. The summed E-state index contributed by atoms with van der Waals surface area (Å²) in [6.45, 7) is 7.20. The van der Waals surface area contributed by atoms with Crippen LogP contribution in [-0.4, -0.2) is 55.1 Å². The van der Waals surface area contributed by atoms with E-state index in [4.69, 9.17) is 17.0 Å². The van der Waals surface area contributed by atoms with Crippen molar-refractivity contribution in [3.63, 3.8) is 0 Å². The number of halogens is 1. The molecule has 0 atom stereocenters. The topological polar surface area (TPSA) is 48.9 Å². The van der Waals surface area contributed by atoms with Crippen LogP contribution >= 0.6 is 12.2 Å². The quantitative estimate of drug-likeness (QED) is 0.470. The first kappa shape index (κ1) is 17.8. The highest BCUT2D eigenvalue weighted by atomic mass is 32.1. The highest BCUT2D eigenvalue weighted by Gasteiger charge is 2.09. The molecule has 1 fully saturated rings. The smallest absolute Gasteiger partial charge is 0.187 e.